The number of ether oxygens (including phenoxy) is 2. The lowest BCUT2D eigenvalue weighted by Crippen LogP contribution is -2.58. The van der Waals surface area contributed by atoms with Gasteiger partial charge in [0.1, 0.15) is 11.5 Å². The van der Waals surface area contributed by atoms with Crippen LogP contribution < -0.4 is 18.7 Å². The quantitative estimate of drug-likeness (QED) is 0.0861. The van der Waals surface area contributed by atoms with Gasteiger partial charge in [-0.1, -0.05) is 41.5 Å². The van der Waals surface area contributed by atoms with E-state index in [0.29, 0.717) is 46.5 Å². The van der Waals surface area contributed by atoms with Crippen LogP contribution in [0.15, 0.2) is 24.3 Å². The van der Waals surface area contributed by atoms with Crippen molar-refractivity contribution in [3.05, 3.63) is 24.3 Å². The normalized spacial score (nSPS) is 17.4. The number of hydrogen-bond donors (Lipinski definition) is 1. The topological polar surface area (TPSA) is 127 Å². The van der Waals surface area contributed by atoms with Crippen molar-refractivity contribution in [2.75, 3.05) is 13.9 Å². The molecule has 0 spiro atoms. The first-order chi connectivity index (χ1) is 22.0. The maximum atomic E-state index is 13.5. The van der Waals surface area contributed by atoms with Crippen LogP contribution in [0, 0.1) is 0 Å². The first-order valence-electron chi connectivity index (χ1n) is 16.0. The number of rotatable bonds is 12. The van der Waals surface area contributed by atoms with Crippen LogP contribution in [0.3, 0.4) is 0 Å². The molecule has 268 valence electrons. The standard InChI is InChI=1S/C32H48F3N5O6SSi/c1-19(2)48(20(3)4,21(5)6)46-23-12-13-24(27(14-23)44-18-43-11)26-15-25-28(37-36-26)40(22-16-30(7,8)39-31(9,10)17-22)38-29(25)45-47(41,42)32(33,34)35/h12-15,19-22,39H,16-18H2,1-11H3. The predicted octanol–water partition coefficient (Wildman–Crippen LogP) is 7.74. The van der Waals surface area contributed by atoms with Crippen molar-refractivity contribution in [2.24, 2.45) is 0 Å². The number of benzene rings is 1. The summed E-state index contributed by atoms with van der Waals surface area (Å²) in [5, 5.41) is 16.6. The molecule has 16 heteroatoms. The Morgan fingerprint density at radius 2 is 1.56 bits per heavy atom. The first-order valence-corrected chi connectivity index (χ1v) is 19.6. The van der Waals surface area contributed by atoms with E-state index in [1.54, 1.807) is 18.2 Å². The van der Waals surface area contributed by atoms with Gasteiger partial charge in [-0.05, 0) is 75.4 Å². The fourth-order valence-corrected chi connectivity index (χ4v) is 13.2. The Kier molecular flexibility index (Phi) is 10.6. The summed E-state index contributed by atoms with van der Waals surface area (Å²) in [5.74, 6) is 0.196. The largest absolute Gasteiger partial charge is 0.543 e. The minimum atomic E-state index is -6.04. The minimum Gasteiger partial charge on any atom is -0.543 e. The second-order valence-electron chi connectivity index (χ2n) is 14.8. The highest BCUT2D eigenvalue weighted by Crippen LogP contribution is 2.45. The van der Waals surface area contributed by atoms with Gasteiger partial charge < -0.3 is 23.4 Å². The molecule has 1 N–H and O–H groups in total. The van der Waals surface area contributed by atoms with Gasteiger partial charge in [0, 0.05) is 29.8 Å². The summed E-state index contributed by atoms with van der Waals surface area (Å²) in [6.07, 6.45) is 1.07. The molecule has 0 atom stereocenters. The molecule has 0 radical (unpaired) electrons. The van der Waals surface area contributed by atoms with Crippen molar-refractivity contribution in [1.82, 2.24) is 25.3 Å². The van der Waals surface area contributed by atoms with Crippen LogP contribution >= 0.6 is 0 Å². The SMILES string of the molecule is COCOc1cc(O[Si](C(C)C)(C(C)C)C(C)C)ccc1-c1cc2c(OS(=O)(=O)C(F)(F)F)nn(C3CC(C)(C)NC(C)(C)C3)c2nn1. The van der Waals surface area contributed by atoms with Crippen LogP contribution in [0.25, 0.3) is 22.3 Å². The zero-order valence-electron chi connectivity index (χ0n) is 29.5. The van der Waals surface area contributed by atoms with E-state index < -0.39 is 29.8 Å². The number of alkyl halides is 3. The van der Waals surface area contributed by atoms with Crippen molar-refractivity contribution in [3.63, 3.8) is 0 Å². The summed E-state index contributed by atoms with van der Waals surface area (Å²) < 4.78 is 88.9. The highest BCUT2D eigenvalue weighted by atomic mass is 32.2. The number of nitrogens with one attached hydrogen (secondary N) is 1. The molecule has 0 saturated carbocycles. The van der Waals surface area contributed by atoms with Crippen molar-refractivity contribution >= 4 is 29.5 Å². The van der Waals surface area contributed by atoms with Crippen LogP contribution in [0.1, 0.15) is 88.1 Å². The Morgan fingerprint density at radius 1 is 0.979 bits per heavy atom. The molecule has 0 amide bonds. The maximum Gasteiger partial charge on any atom is 0.534 e. The lowest BCUT2D eigenvalue weighted by molar-refractivity contribution is -0.0501. The zero-order valence-corrected chi connectivity index (χ0v) is 31.3. The molecule has 1 aliphatic rings. The molecule has 1 fully saturated rings. The fourth-order valence-electron chi connectivity index (χ4n) is 7.53. The maximum absolute atomic E-state index is 13.5. The third-order valence-electron chi connectivity index (χ3n) is 8.97. The van der Waals surface area contributed by atoms with E-state index in [1.807, 2.05) is 27.7 Å². The molecule has 48 heavy (non-hydrogen) atoms. The molecule has 0 bridgehead atoms. The number of hydrogen-bond acceptors (Lipinski definition) is 10. The van der Waals surface area contributed by atoms with Crippen LogP contribution in [0.5, 0.6) is 17.4 Å². The molecule has 3 aromatic rings. The second-order valence-corrected chi connectivity index (χ2v) is 21.7. The molecule has 1 saturated heterocycles. The highest BCUT2D eigenvalue weighted by Gasteiger charge is 2.50. The monoisotopic (exact) mass is 715 g/mol. The number of fused-ring (bicyclic) bond motifs is 1. The van der Waals surface area contributed by atoms with Crippen LogP contribution in [-0.4, -0.2) is 67.2 Å². The number of piperidine rings is 1. The summed E-state index contributed by atoms with van der Waals surface area (Å²) in [7, 11) is -6.89. The van der Waals surface area contributed by atoms with Gasteiger partial charge in [0.15, 0.2) is 12.4 Å². The smallest absolute Gasteiger partial charge is 0.534 e. The molecule has 1 aromatic carbocycles. The van der Waals surface area contributed by atoms with Crippen molar-refractivity contribution in [2.45, 2.75) is 121 Å². The Labute approximate surface area is 282 Å². The molecule has 4 rings (SSSR count). The molecular weight excluding hydrogens is 668 g/mol. The molecule has 11 nitrogen and oxygen atoms in total. The Hall–Kier alpha value is -2.95. The van der Waals surface area contributed by atoms with E-state index in [2.05, 4.69) is 66.3 Å². The van der Waals surface area contributed by atoms with Crippen LogP contribution in [0.2, 0.25) is 16.6 Å². The summed E-state index contributed by atoms with van der Waals surface area (Å²) in [6, 6.07) is 6.32. The first kappa shape index (κ1) is 37.9. The van der Waals surface area contributed by atoms with Crippen molar-refractivity contribution < 1.29 is 39.7 Å². The van der Waals surface area contributed by atoms with Gasteiger partial charge in [-0.15, -0.1) is 15.3 Å². The van der Waals surface area contributed by atoms with Gasteiger partial charge in [-0.3, -0.25) is 0 Å². The van der Waals surface area contributed by atoms with Gasteiger partial charge in [-0.2, -0.15) is 21.6 Å². The number of methoxy groups -OCH3 is 1. The van der Waals surface area contributed by atoms with E-state index in [1.165, 1.54) is 17.9 Å². The predicted molar refractivity (Wildman–Crippen MR) is 180 cm³/mol. The Morgan fingerprint density at radius 3 is 2.08 bits per heavy atom. The van der Waals surface area contributed by atoms with Gasteiger partial charge in [0.25, 0.3) is 14.2 Å². The van der Waals surface area contributed by atoms with Crippen LogP contribution in [0.4, 0.5) is 13.2 Å². The van der Waals surface area contributed by atoms with Gasteiger partial charge >= 0.3 is 15.6 Å². The van der Waals surface area contributed by atoms with E-state index >= 15 is 0 Å². The van der Waals surface area contributed by atoms with E-state index in [9.17, 15) is 21.6 Å². The third-order valence-corrected chi connectivity index (χ3v) is 15.9. The van der Waals surface area contributed by atoms with E-state index in [-0.39, 0.29) is 40.6 Å². The number of aromatic nitrogens is 4. The minimum absolute atomic E-state index is 0.0502. The molecular formula is C32H48F3N5O6SSi. The van der Waals surface area contributed by atoms with Crippen molar-refractivity contribution in [3.8, 4) is 28.6 Å². The summed E-state index contributed by atoms with van der Waals surface area (Å²) in [5.41, 5.74) is -4.74. The summed E-state index contributed by atoms with van der Waals surface area (Å²) >= 11 is 0. The molecule has 0 aliphatic carbocycles. The molecule has 3 heterocycles. The lowest BCUT2D eigenvalue weighted by Gasteiger charge is -2.46. The third kappa shape index (κ3) is 7.60. The summed E-state index contributed by atoms with van der Waals surface area (Å²) in [6.45, 7) is 21.0. The van der Waals surface area contributed by atoms with Gasteiger partial charge in [0.05, 0.1) is 17.1 Å². The van der Waals surface area contributed by atoms with Gasteiger partial charge in [-0.25, -0.2) is 4.68 Å². The van der Waals surface area contributed by atoms with E-state index in [4.69, 9.17) is 13.9 Å². The average Bonchev–Trinajstić information content (AvgIpc) is 3.29. The Balaban J connectivity index is 1.88. The van der Waals surface area contributed by atoms with Crippen molar-refractivity contribution in [1.29, 1.82) is 0 Å². The molecule has 1 aliphatic heterocycles. The van der Waals surface area contributed by atoms with Crippen LogP contribution in [-0.2, 0) is 14.9 Å². The highest BCUT2D eigenvalue weighted by molar-refractivity contribution is 7.88. The molecule has 0 unspecified atom stereocenters. The zero-order chi connectivity index (χ0) is 36.0. The fraction of sp³-hybridized carbons (Fsp3) is 0.656. The van der Waals surface area contributed by atoms with Gasteiger partial charge in [0.2, 0.25) is 0 Å². The van der Waals surface area contributed by atoms with E-state index in [0.717, 1.165) is 0 Å². The average molecular weight is 716 g/mol. The summed E-state index contributed by atoms with van der Waals surface area (Å²) in [4.78, 5) is 0. The molecule has 2 aromatic heterocycles. The lowest BCUT2D eigenvalue weighted by atomic mass is 9.79. The second kappa shape index (κ2) is 13.4. The number of halogens is 3. The number of nitrogens with zero attached hydrogens (tertiary/aromatic N) is 4. The Bertz CT molecular complexity index is 1690.